The Labute approximate surface area is 211 Å². The molecule has 1 fully saturated rings. The molecule has 36 heavy (non-hydrogen) atoms. The van der Waals surface area contributed by atoms with Crippen molar-refractivity contribution in [3.05, 3.63) is 96.4 Å². The van der Waals surface area contributed by atoms with Crippen molar-refractivity contribution in [2.24, 2.45) is 0 Å². The third-order valence-electron chi connectivity index (χ3n) is 6.23. The highest BCUT2D eigenvalue weighted by atomic mass is 16.1. The summed E-state index contributed by atoms with van der Waals surface area (Å²) in [7, 11) is 2.16. The first-order chi connectivity index (χ1) is 17.6. The third-order valence-corrected chi connectivity index (χ3v) is 6.23. The predicted octanol–water partition coefficient (Wildman–Crippen LogP) is 4.28. The number of pyridine rings is 1. The number of carbonyl (C=O) groups is 1. The molecule has 1 aliphatic heterocycles. The molecule has 0 saturated carbocycles. The summed E-state index contributed by atoms with van der Waals surface area (Å²) in [6, 6.07) is 21.0. The zero-order chi connectivity index (χ0) is 24.7. The number of likely N-dealkylation sites (N-methyl/N-ethyl adjacent to an activating group) is 1. The molecular formula is C28H29N7O. The van der Waals surface area contributed by atoms with Crippen LogP contribution >= 0.6 is 0 Å². The number of hydrogen-bond acceptors (Lipinski definition) is 7. The van der Waals surface area contributed by atoms with E-state index < -0.39 is 0 Å². The second-order valence-electron chi connectivity index (χ2n) is 8.94. The molecule has 2 aromatic carbocycles. The van der Waals surface area contributed by atoms with E-state index in [0.29, 0.717) is 17.2 Å². The lowest BCUT2D eigenvalue weighted by molar-refractivity contribution is 0.102. The molecule has 1 amide bonds. The minimum atomic E-state index is -0.144. The molecule has 8 heteroatoms. The number of rotatable bonds is 7. The summed E-state index contributed by atoms with van der Waals surface area (Å²) in [5, 5.41) is 6.20. The summed E-state index contributed by atoms with van der Waals surface area (Å²) in [5.74, 6) is 0.331. The minimum Gasteiger partial charge on any atom is -0.324 e. The molecule has 4 aromatic rings. The number of amides is 1. The molecule has 0 radical (unpaired) electrons. The van der Waals surface area contributed by atoms with Gasteiger partial charge in [-0.1, -0.05) is 18.2 Å². The Hall–Kier alpha value is -4.14. The van der Waals surface area contributed by atoms with Crippen LogP contribution in [0.15, 0.2) is 85.3 Å². The Morgan fingerprint density at radius 3 is 2.42 bits per heavy atom. The van der Waals surface area contributed by atoms with Crippen LogP contribution in [0, 0.1) is 0 Å². The van der Waals surface area contributed by atoms with Gasteiger partial charge in [0.1, 0.15) is 0 Å². The summed E-state index contributed by atoms with van der Waals surface area (Å²) in [4.78, 5) is 30.6. The molecule has 182 valence electrons. The normalized spacial score (nSPS) is 14.4. The Morgan fingerprint density at radius 1 is 0.889 bits per heavy atom. The number of carbonyl (C=O) groups excluding carboxylic acids is 1. The van der Waals surface area contributed by atoms with Gasteiger partial charge in [-0.05, 0) is 61.1 Å². The topological polar surface area (TPSA) is 86.3 Å². The van der Waals surface area contributed by atoms with E-state index in [1.807, 2.05) is 66.7 Å². The summed E-state index contributed by atoms with van der Waals surface area (Å²) >= 11 is 0. The maximum atomic E-state index is 12.8. The molecule has 0 spiro atoms. The van der Waals surface area contributed by atoms with Gasteiger partial charge in [-0.2, -0.15) is 0 Å². The summed E-state index contributed by atoms with van der Waals surface area (Å²) < 4.78 is 0. The second-order valence-corrected chi connectivity index (χ2v) is 8.94. The van der Waals surface area contributed by atoms with Crippen LogP contribution in [-0.4, -0.2) is 63.9 Å². The first-order valence-corrected chi connectivity index (χ1v) is 12.0. The van der Waals surface area contributed by atoms with Crippen molar-refractivity contribution in [2.75, 3.05) is 43.9 Å². The zero-order valence-electron chi connectivity index (χ0n) is 20.3. The van der Waals surface area contributed by atoms with Gasteiger partial charge in [-0.3, -0.25) is 14.7 Å². The fourth-order valence-electron chi connectivity index (χ4n) is 4.14. The molecule has 8 nitrogen and oxygen atoms in total. The zero-order valence-corrected chi connectivity index (χ0v) is 20.3. The number of piperazine rings is 1. The van der Waals surface area contributed by atoms with E-state index in [4.69, 9.17) is 0 Å². The average molecular weight is 480 g/mol. The second kappa shape index (κ2) is 11.1. The lowest BCUT2D eigenvalue weighted by Crippen LogP contribution is -2.43. The highest BCUT2D eigenvalue weighted by Gasteiger charge is 2.14. The molecule has 0 unspecified atom stereocenters. The van der Waals surface area contributed by atoms with Crippen molar-refractivity contribution in [3.63, 3.8) is 0 Å². The van der Waals surface area contributed by atoms with Gasteiger partial charge in [0.25, 0.3) is 5.91 Å². The van der Waals surface area contributed by atoms with E-state index in [2.05, 4.69) is 42.4 Å². The van der Waals surface area contributed by atoms with Gasteiger partial charge in [0.15, 0.2) is 0 Å². The smallest absolute Gasteiger partial charge is 0.255 e. The Balaban J connectivity index is 1.20. The number of hydrogen-bond donors (Lipinski definition) is 2. The lowest BCUT2D eigenvalue weighted by atomic mass is 10.1. The van der Waals surface area contributed by atoms with Gasteiger partial charge in [0.2, 0.25) is 5.95 Å². The van der Waals surface area contributed by atoms with Crippen molar-refractivity contribution in [1.29, 1.82) is 0 Å². The first-order valence-electron chi connectivity index (χ1n) is 12.0. The fourth-order valence-corrected chi connectivity index (χ4v) is 4.14. The molecular weight excluding hydrogens is 450 g/mol. The number of anilines is 3. The summed E-state index contributed by atoms with van der Waals surface area (Å²) in [6.45, 7) is 5.24. The molecule has 0 atom stereocenters. The fraction of sp³-hybridized carbons (Fsp3) is 0.214. The standard InChI is InChI=1S/C28H29N7O/c1-34-15-17-35(18-16-34)20-21-5-7-23(8-6-21)27(36)31-24-3-2-4-25(19-24)32-28-30-14-11-26(33-28)22-9-12-29-13-10-22/h2-14,19H,15-18,20H2,1H3,(H,31,36)(H,30,32,33). The van der Waals surface area contributed by atoms with E-state index in [0.717, 1.165) is 49.7 Å². The van der Waals surface area contributed by atoms with Crippen LogP contribution in [0.2, 0.25) is 0 Å². The SMILES string of the molecule is CN1CCN(Cc2ccc(C(=O)Nc3cccc(Nc4nccc(-c5ccncc5)n4)c3)cc2)CC1. The number of nitrogens with one attached hydrogen (secondary N) is 2. The molecule has 0 aliphatic carbocycles. The van der Waals surface area contributed by atoms with Crippen LogP contribution in [0.25, 0.3) is 11.3 Å². The number of nitrogens with zero attached hydrogens (tertiary/aromatic N) is 5. The van der Waals surface area contributed by atoms with Gasteiger partial charge in [0, 0.05) is 73.8 Å². The monoisotopic (exact) mass is 479 g/mol. The van der Waals surface area contributed by atoms with E-state index in [9.17, 15) is 4.79 Å². The maximum absolute atomic E-state index is 12.8. The van der Waals surface area contributed by atoms with Crippen molar-refractivity contribution < 1.29 is 4.79 Å². The van der Waals surface area contributed by atoms with Crippen LogP contribution in [0.3, 0.4) is 0 Å². The highest BCUT2D eigenvalue weighted by Crippen LogP contribution is 2.21. The summed E-state index contributed by atoms with van der Waals surface area (Å²) in [5.41, 5.74) is 5.08. The number of benzene rings is 2. The maximum Gasteiger partial charge on any atom is 0.255 e. The van der Waals surface area contributed by atoms with Crippen LogP contribution in [0.4, 0.5) is 17.3 Å². The van der Waals surface area contributed by atoms with Gasteiger partial charge in [0.05, 0.1) is 5.69 Å². The molecule has 5 rings (SSSR count). The number of aromatic nitrogens is 3. The minimum absolute atomic E-state index is 0.144. The van der Waals surface area contributed by atoms with Crippen molar-refractivity contribution >= 4 is 23.2 Å². The molecule has 1 saturated heterocycles. The van der Waals surface area contributed by atoms with Crippen LogP contribution in [-0.2, 0) is 6.54 Å². The molecule has 0 bridgehead atoms. The highest BCUT2D eigenvalue weighted by molar-refractivity contribution is 6.04. The Bertz CT molecular complexity index is 1300. The van der Waals surface area contributed by atoms with E-state index >= 15 is 0 Å². The average Bonchev–Trinajstić information content (AvgIpc) is 2.91. The third kappa shape index (κ3) is 6.10. The Kier molecular flexibility index (Phi) is 7.25. The first kappa shape index (κ1) is 23.6. The van der Waals surface area contributed by atoms with E-state index in [1.165, 1.54) is 5.56 Å². The molecule has 2 aromatic heterocycles. The lowest BCUT2D eigenvalue weighted by Gasteiger charge is -2.32. The van der Waals surface area contributed by atoms with Gasteiger partial charge in [-0.15, -0.1) is 0 Å². The van der Waals surface area contributed by atoms with Crippen LogP contribution in [0.1, 0.15) is 15.9 Å². The van der Waals surface area contributed by atoms with E-state index in [-0.39, 0.29) is 5.91 Å². The van der Waals surface area contributed by atoms with Crippen LogP contribution < -0.4 is 10.6 Å². The van der Waals surface area contributed by atoms with Gasteiger partial charge >= 0.3 is 0 Å². The summed E-state index contributed by atoms with van der Waals surface area (Å²) in [6.07, 6.45) is 5.18. The molecule has 2 N–H and O–H groups in total. The van der Waals surface area contributed by atoms with Gasteiger partial charge in [-0.25, -0.2) is 9.97 Å². The largest absolute Gasteiger partial charge is 0.324 e. The Morgan fingerprint density at radius 2 is 1.64 bits per heavy atom. The van der Waals surface area contributed by atoms with Crippen molar-refractivity contribution in [1.82, 2.24) is 24.8 Å². The van der Waals surface area contributed by atoms with Gasteiger partial charge < -0.3 is 15.5 Å². The quantitative estimate of drug-likeness (QED) is 0.409. The van der Waals surface area contributed by atoms with Crippen molar-refractivity contribution in [3.8, 4) is 11.3 Å². The van der Waals surface area contributed by atoms with E-state index in [1.54, 1.807) is 18.6 Å². The van der Waals surface area contributed by atoms with Crippen LogP contribution in [0.5, 0.6) is 0 Å². The molecule has 1 aliphatic rings. The molecule has 3 heterocycles. The van der Waals surface area contributed by atoms with Crippen molar-refractivity contribution in [2.45, 2.75) is 6.54 Å². The predicted molar refractivity (Wildman–Crippen MR) is 142 cm³/mol.